The van der Waals surface area contributed by atoms with Crippen molar-refractivity contribution >= 4 is 5.96 Å². The summed E-state index contributed by atoms with van der Waals surface area (Å²) in [5.74, 6) is 1.60. The van der Waals surface area contributed by atoms with Gasteiger partial charge in [-0.05, 0) is 25.0 Å². The summed E-state index contributed by atoms with van der Waals surface area (Å²) in [6.45, 7) is 7.78. The largest absolute Gasteiger partial charge is 0.467 e. The molecule has 6 nitrogen and oxygen atoms in total. The lowest BCUT2D eigenvalue weighted by molar-refractivity contribution is 0.0689. The minimum absolute atomic E-state index is 0.513. The molecular weight excluding hydrogens is 282 g/mol. The molecule has 0 aliphatic heterocycles. The standard InChI is InChI=1S/C16H27N3O3/c1-3-8-17-16(19-14-15-7-6-11-22-15)18-9-4-5-10-21-13-12-20-2/h3,6-7,11H,1,4-5,8-10,12-14H2,2H3,(H2,17,18,19). The Kier molecular flexibility index (Phi) is 10.7. The molecule has 0 amide bonds. The summed E-state index contributed by atoms with van der Waals surface area (Å²) in [5, 5.41) is 6.47. The average molecular weight is 309 g/mol. The number of ether oxygens (including phenoxy) is 2. The number of rotatable bonds is 12. The van der Waals surface area contributed by atoms with Crippen LogP contribution in [0.25, 0.3) is 0 Å². The fourth-order valence-corrected chi connectivity index (χ4v) is 1.68. The fraction of sp³-hybridized carbons (Fsp3) is 0.562. The molecule has 0 radical (unpaired) electrons. The molecule has 1 heterocycles. The molecule has 6 heteroatoms. The topological polar surface area (TPSA) is 68.0 Å². The van der Waals surface area contributed by atoms with Crippen LogP contribution in [-0.2, 0) is 16.0 Å². The van der Waals surface area contributed by atoms with Crippen molar-refractivity contribution in [1.29, 1.82) is 0 Å². The van der Waals surface area contributed by atoms with Crippen molar-refractivity contribution in [3.63, 3.8) is 0 Å². The quantitative estimate of drug-likeness (QED) is 0.267. The highest BCUT2D eigenvalue weighted by molar-refractivity contribution is 5.79. The Hall–Kier alpha value is -1.79. The molecular formula is C16H27N3O3. The van der Waals surface area contributed by atoms with E-state index in [-0.39, 0.29) is 0 Å². The molecule has 0 atom stereocenters. The van der Waals surface area contributed by atoms with Gasteiger partial charge in [0, 0.05) is 26.8 Å². The summed E-state index contributed by atoms with van der Waals surface area (Å²) in [5.41, 5.74) is 0. The van der Waals surface area contributed by atoms with Gasteiger partial charge in [-0.15, -0.1) is 6.58 Å². The molecule has 0 saturated heterocycles. The third-order valence-corrected chi connectivity index (χ3v) is 2.83. The van der Waals surface area contributed by atoms with E-state index in [9.17, 15) is 0 Å². The van der Waals surface area contributed by atoms with Crippen molar-refractivity contribution in [1.82, 2.24) is 10.6 Å². The Morgan fingerprint density at radius 2 is 2.23 bits per heavy atom. The molecule has 0 aromatic carbocycles. The summed E-state index contributed by atoms with van der Waals surface area (Å²) in [7, 11) is 1.67. The fourth-order valence-electron chi connectivity index (χ4n) is 1.68. The van der Waals surface area contributed by atoms with Crippen LogP contribution in [0.1, 0.15) is 18.6 Å². The average Bonchev–Trinajstić information content (AvgIpc) is 3.05. The zero-order valence-corrected chi connectivity index (χ0v) is 13.3. The lowest BCUT2D eigenvalue weighted by Gasteiger charge is -2.11. The van der Waals surface area contributed by atoms with Gasteiger partial charge >= 0.3 is 0 Å². The Morgan fingerprint density at radius 1 is 1.32 bits per heavy atom. The van der Waals surface area contributed by atoms with Gasteiger partial charge in [0.2, 0.25) is 0 Å². The van der Waals surface area contributed by atoms with Crippen LogP contribution in [0, 0.1) is 0 Å². The van der Waals surface area contributed by atoms with Gasteiger partial charge in [-0.1, -0.05) is 6.08 Å². The number of aliphatic imine (C=N–C) groups is 1. The first-order chi connectivity index (χ1) is 10.9. The van der Waals surface area contributed by atoms with Gasteiger partial charge in [0.1, 0.15) is 12.3 Å². The molecule has 0 aliphatic carbocycles. The Balaban J connectivity index is 2.17. The first kappa shape index (κ1) is 18.3. The van der Waals surface area contributed by atoms with E-state index < -0.39 is 0 Å². The predicted octanol–water partition coefficient (Wildman–Crippen LogP) is 1.94. The smallest absolute Gasteiger partial charge is 0.191 e. The summed E-state index contributed by atoms with van der Waals surface area (Å²) in [6, 6.07) is 3.77. The SMILES string of the molecule is C=CCNC(=NCc1ccco1)NCCCCOCCOC. The van der Waals surface area contributed by atoms with E-state index in [1.165, 1.54) is 0 Å². The van der Waals surface area contributed by atoms with E-state index in [2.05, 4.69) is 22.2 Å². The Morgan fingerprint density at radius 3 is 2.95 bits per heavy atom. The van der Waals surface area contributed by atoms with Crippen LogP contribution in [0.3, 0.4) is 0 Å². The van der Waals surface area contributed by atoms with Crippen LogP contribution in [-0.4, -0.2) is 46.0 Å². The summed E-state index contributed by atoms with van der Waals surface area (Å²) in [6.07, 6.45) is 5.47. The second-order valence-corrected chi connectivity index (χ2v) is 4.65. The molecule has 124 valence electrons. The molecule has 1 aromatic rings. The van der Waals surface area contributed by atoms with Crippen molar-refractivity contribution in [2.24, 2.45) is 4.99 Å². The number of unbranched alkanes of at least 4 members (excludes halogenated alkanes) is 1. The van der Waals surface area contributed by atoms with Crippen LogP contribution in [0.2, 0.25) is 0 Å². The minimum Gasteiger partial charge on any atom is -0.467 e. The second kappa shape index (κ2) is 12.9. The third-order valence-electron chi connectivity index (χ3n) is 2.83. The predicted molar refractivity (Wildman–Crippen MR) is 88.0 cm³/mol. The van der Waals surface area contributed by atoms with E-state index in [0.717, 1.165) is 37.7 Å². The van der Waals surface area contributed by atoms with Crippen molar-refractivity contribution in [3.8, 4) is 0 Å². The molecule has 1 rings (SSSR count). The van der Waals surface area contributed by atoms with Gasteiger partial charge in [0.05, 0.1) is 19.5 Å². The van der Waals surface area contributed by atoms with Gasteiger partial charge in [-0.3, -0.25) is 0 Å². The first-order valence-corrected chi connectivity index (χ1v) is 7.59. The number of guanidine groups is 1. The summed E-state index contributed by atoms with van der Waals surface area (Å²) >= 11 is 0. The normalized spacial score (nSPS) is 11.4. The van der Waals surface area contributed by atoms with Crippen LogP contribution in [0.4, 0.5) is 0 Å². The van der Waals surface area contributed by atoms with Crippen molar-refractivity contribution in [2.75, 3.05) is 40.0 Å². The van der Waals surface area contributed by atoms with E-state index in [1.54, 1.807) is 19.4 Å². The van der Waals surface area contributed by atoms with Crippen LogP contribution in [0.15, 0.2) is 40.5 Å². The van der Waals surface area contributed by atoms with Crippen molar-refractivity contribution in [2.45, 2.75) is 19.4 Å². The van der Waals surface area contributed by atoms with Gasteiger partial charge in [-0.2, -0.15) is 0 Å². The molecule has 0 saturated carbocycles. The molecule has 0 unspecified atom stereocenters. The Labute approximate surface area is 132 Å². The maximum atomic E-state index is 5.42. The highest BCUT2D eigenvalue weighted by Gasteiger charge is 1.99. The minimum atomic E-state index is 0.513. The molecule has 2 N–H and O–H groups in total. The summed E-state index contributed by atoms with van der Waals surface area (Å²) in [4.78, 5) is 4.47. The van der Waals surface area contributed by atoms with Gasteiger partial charge in [-0.25, -0.2) is 4.99 Å². The van der Waals surface area contributed by atoms with Gasteiger partial charge in [0.15, 0.2) is 5.96 Å². The van der Waals surface area contributed by atoms with Gasteiger partial charge in [0.25, 0.3) is 0 Å². The number of nitrogens with zero attached hydrogens (tertiary/aromatic N) is 1. The van der Waals surface area contributed by atoms with Crippen LogP contribution < -0.4 is 10.6 Å². The highest BCUT2D eigenvalue weighted by Crippen LogP contribution is 2.01. The van der Waals surface area contributed by atoms with Gasteiger partial charge < -0.3 is 24.5 Å². The maximum absolute atomic E-state index is 5.42. The highest BCUT2D eigenvalue weighted by atomic mass is 16.5. The third kappa shape index (κ3) is 9.20. The number of nitrogens with one attached hydrogen (secondary N) is 2. The molecule has 1 aromatic heterocycles. The number of methoxy groups -OCH3 is 1. The van der Waals surface area contributed by atoms with Crippen molar-refractivity contribution < 1.29 is 13.9 Å². The zero-order valence-electron chi connectivity index (χ0n) is 13.3. The van der Waals surface area contributed by atoms with E-state index in [4.69, 9.17) is 13.9 Å². The van der Waals surface area contributed by atoms with Crippen LogP contribution >= 0.6 is 0 Å². The lowest BCUT2D eigenvalue weighted by atomic mass is 10.3. The molecule has 0 spiro atoms. The zero-order chi connectivity index (χ0) is 15.9. The van der Waals surface area contributed by atoms with E-state index >= 15 is 0 Å². The molecule has 0 aliphatic rings. The van der Waals surface area contributed by atoms with Crippen LogP contribution in [0.5, 0.6) is 0 Å². The molecule has 0 bridgehead atoms. The summed E-state index contributed by atoms with van der Waals surface area (Å²) < 4.78 is 15.6. The first-order valence-electron chi connectivity index (χ1n) is 7.59. The number of furan rings is 1. The Bertz CT molecular complexity index is 405. The number of hydrogen-bond acceptors (Lipinski definition) is 4. The monoisotopic (exact) mass is 309 g/mol. The lowest BCUT2D eigenvalue weighted by Crippen LogP contribution is -2.38. The maximum Gasteiger partial charge on any atom is 0.191 e. The van der Waals surface area contributed by atoms with Crippen molar-refractivity contribution in [3.05, 3.63) is 36.8 Å². The molecule has 22 heavy (non-hydrogen) atoms. The number of hydrogen-bond donors (Lipinski definition) is 2. The van der Waals surface area contributed by atoms with E-state index in [0.29, 0.717) is 26.3 Å². The molecule has 0 fully saturated rings. The second-order valence-electron chi connectivity index (χ2n) is 4.65. The van der Waals surface area contributed by atoms with E-state index in [1.807, 2.05) is 12.1 Å².